The lowest BCUT2D eigenvalue weighted by Gasteiger charge is -2.28. The monoisotopic (exact) mass is 269 g/mol. The summed E-state index contributed by atoms with van der Waals surface area (Å²) in [5, 5.41) is 2.24. The molecule has 0 bridgehead atoms. The number of ketones is 3. The largest absolute Gasteiger partial charge is 0.366 e. The van der Waals surface area contributed by atoms with Crippen LogP contribution in [-0.4, -0.2) is 48.8 Å². The van der Waals surface area contributed by atoms with E-state index in [-0.39, 0.29) is 6.29 Å². The lowest BCUT2D eigenvalue weighted by atomic mass is 9.81. The number of Topliss-reactive ketones (excluding diaryl/α,β-unsaturated/α-hetero) is 3. The Bertz CT molecular complexity index is 442. The van der Waals surface area contributed by atoms with Crippen LogP contribution in [0.2, 0.25) is 0 Å². The number of nitrogens with one attached hydrogen (secondary N) is 1. The van der Waals surface area contributed by atoms with E-state index in [1.807, 2.05) is 0 Å². The Kier molecular flexibility index (Phi) is 4.66. The molecule has 1 fully saturated rings. The van der Waals surface area contributed by atoms with E-state index in [2.05, 4.69) is 5.32 Å². The van der Waals surface area contributed by atoms with Gasteiger partial charge in [0.05, 0.1) is 0 Å². The molecule has 0 heterocycles. The van der Waals surface area contributed by atoms with Gasteiger partial charge in [-0.25, -0.2) is 0 Å². The molecule has 1 amide bonds. The van der Waals surface area contributed by atoms with Gasteiger partial charge in [0.1, 0.15) is 12.2 Å². The van der Waals surface area contributed by atoms with Gasteiger partial charge in [-0.1, -0.05) is 13.8 Å². The molecule has 0 aliphatic heterocycles. The standard InChI is InChI=1S/C12H15NO6/c1-5(2)12(18)13-7-8(15)6(4-14)9(16)11(19-3)10(7)17/h4-7,11H,1-3H3,(H,13,18). The summed E-state index contributed by atoms with van der Waals surface area (Å²) in [5.41, 5.74) is 0. The van der Waals surface area contributed by atoms with Gasteiger partial charge in [-0.3, -0.25) is 19.2 Å². The molecule has 1 aliphatic rings. The lowest BCUT2D eigenvalue weighted by Crippen LogP contribution is -2.61. The normalized spacial score (nSPS) is 27.6. The summed E-state index contributed by atoms with van der Waals surface area (Å²) in [5.74, 6) is -5.16. The van der Waals surface area contributed by atoms with Gasteiger partial charge in [-0.15, -0.1) is 0 Å². The van der Waals surface area contributed by atoms with Gasteiger partial charge >= 0.3 is 0 Å². The second kappa shape index (κ2) is 5.83. The third kappa shape index (κ3) is 2.76. The topological polar surface area (TPSA) is 107 Å². The fraction of sp³-hybridized carbons (Fsp3) is 0.583. The summed E-state index contributed by atoms with van der Waals surface area (Å²) in [6.45, 7) is 3.17. The van der Waals surface area contributed by atoms with E-state index >= 15 is 0 Å². The third-order valence-electron chi connectivity index (χ3n) is 2.88. The summed E-state index contributed by atoms with van der Waals surface area (Å²) in [6, 6.07) is -1.51. The smallest absolute Gasteiger partial charge is 0.223 e. The van der Waals surface area contributed by atoms with Crippen LogP contribution in [0, 0.1) is 11.8 Å². The number of hydrogen-bond donors (Lipinski definition) is 1. The number of hydrogen-bond acceptors (Lipinski definition) is 6. The fourth-order valence-electron chi connectivity index (χ4n) is 1.73. The Morgan fingerprint density at radius 3 is 2.21 bits per heavy atom. The van der Waals surface area contributed by atoms with Crippen molar-refractivity contribution < 1.29 is 28.7 Å². The summed E-state index contributed by atoms with van der Waals surface area (Å²) in [7, 11) is 1.12. The highest BCUT2D eigenvalue weighted by molar-refractivity contribution is 6.33. The van der Waals surface area contributed by atoms with Crippen LogP contribution in [0.1, 0.15) is 13.8 Å². The zero-order valence-electron chi connectivity index (χ0n) is 10.8. The Balaban J connectivity index is 3.05. The second-order valence-corrected chi connectivity index (χ2v) is 4.53. The van der Waals surface area contributed by atoms with Crippen molar-refractivity contribution in [2.24, 2.45) is 11.8 Å². The molecule has 19 heavy (non-hydrogen) atoms. The van der Waals surface area contributed by atoms with Gasteiger partial charge in [0, 0.05) is 13.0 Å². The van der Waals surface area contributed by atoms with Crippen molar-refractivity contribution in [2.45, 2.75) is 26.0 Å². The molecule has 0 saturated heterocycles. The average molecular weight is 269 g/mol. The van der Waals surface area contributed by atoms with Crippen molar-refractivity contribution in [3.8, 4) is 0 Å². The van der Waals surface area contributed by atoms with Crippen LogP contribution in [0.4, 0.5) is 0 Å². The highest BCUT2D eigenvalue weighted by atomic mass is 16.5. The van der Waals surface area contributed by atoms with Crippen molar-refractivity contribution in [1.29, 1.82) is 0 Å². The maximum atomic E-state index is 11.9. The number of methoxy groups -OCH3 is 1. The van der Waals surface area contributed by atoms with E-state index in [1.165, 1.54) is 0 Å². The van der Waals surface area contributed by atoms with E-state index in [0.29, 0.717) is 0 Å². The maximum Gasteiger partial charge on any atom is 0.223 e. The van der Waals surface area contributed by atoms with Gasteiger partial charge < -0.3 is 14.8 Å². The third-order valence-corrected chi connectivity index (χ3v) is 2.88. The first-order valence-electron chi connectivity index (χ1n) is 5.74. The van der Waals surface area contributed by atoms with Gasteiger partial charge in [-0.05, 0) is 0 Å². The first-order chi connectivity index (χ1) is 8.84. The van der Waals surface area contributed by atoms with E-state index in [1.54, 1.807) is 13.8 Å². The predicted molar refractivity (Wildman–Crippen MR) is 62.1 cm³/mol. The molecular weight excluding hydrogens is 254 g/mol. The summed E-state index contributed by atoms with van der Waals surface area (Å²) < 4.78 is 4.71. The molecule has 3 unspecified atom stereocenters. The maximum absolute atomic E-state index is 11.9. The molecule has 3 atom stereocenters. The Morgan fingerprint density at radius 1 is 1.21 bits per heavy atom. The number of carbonyl (C=O) groups excluding carboxylic acids is 5. The molecule has 0 aromatic carbocycles. The average Bonchev–Trinajstić information content (AvgIpc) is 2.35. The van der Waals surface area contributed by atoms with Crippen LogP contribution < -0.4 is 5.32 Å². The highest BCUT2D eigenvalue weighted by Gasteiger charge is 2.50. The molecule has 1 rings (SSSR count). The molecule has 0 aromatic rings. The van der Waals surface area contributed by atoms with Crippen molar-refractivity contribution in [3.63, 3.8) is 0 Å². The van der Waals surface area contributed by atoms with Crippen molar-refractivity contribution in [1.82, 2.24) is 5.32 Å². The van der Waals surface area contributed by atoms with Crippen LogP contribution in [0.25, 0.3) is 0 Å². The quantitative estimate of drug-likeness (QED) is 0.501. The van der Waals surface area contributed by atoms with Crippen LogP contribution in [0.15, 0.2) is 0 Å². The van der Waals surface area contributed by atoms with Crippen molar-refractivity contribution >= 4 is 29.5 Å². The van der Waals surface area contributed by atoms with Crippen LogP contribution in [0.3, 0.4) is 0 Å². The van der Waals surface area contributed by atoms with E-state index < -0.39 is 47.2 Å². The minimum absolute atomic E-state index is 0.164. The Labute approximate surface area is 109 Å². The number of aldehydes is 1. The molecule has 7 heteroatoms. The molecule has 1 aliphatic carbocycles. The minimum atomic E-state index is -1.57. The van der Waals surface area contributed by atoms with E-state index in [4.69, 9.17) is 4.74 Å². The lowest BCUT2D eigenvalue weighted by molar-refractivity contribution is -0.156. The van der Waals surface area contributed by atoms with Crippen LogP contribution in [-0.2, 0) is 28.7 Å². The summed E-state index contributed by atoms with van der Waals surface area (Å²) in [6.07, 6.45) is -1.33. The molecule has 7 nitrogen and oxygen atoms in total. The molecule has 0 radical (unpaired) electrons. The Morgan fingerprint density at radius 2 is 1.79 bits per heavy atom. The Hall–Kier alpha value is -1.89. The molecular formula is C12H15NO6. The van der Waals surface area contributed by atoms with Crippen molar-refractivity contribution in [2.75, 3.05) is 7.11 Å². The van der Waals surface area contributed by atoms with Gasteiger partial charge in [0.15, 0.2) is 29.5 Å². The summed E-state index contributed by atoms with van der Waals surface area (Å²) in [4.78, 5) is 57.8. The second-order valence-electron chi connectivity index (χ2n) is 4.53. The van der Waals surface area contributed by atoms with E-state index in [9.17, 15) is 24.0 Å². The van der Waals surface area contributed by atoms with E-state index in [0.717, 1.165) is 7.11 Å². The van der Waals surface area contributed by atoms with Gasteiger partial charge in [-0.2, -0.15) is 0 Å². The highest BCUT2D eigenvalue weighted by Crippen LogP contribution is 2.17. The van der Waals surface area contributed by atoms with Gasteiger partial charge in [0.2, 0.25) is 5.91 Å². The molecule has 1 saturated carbocycles. The number of carbonyl (C=O) groups is 5. The number of ether oxygens (including phenoxy) is 1. The summed E-state index contributed by atoms with van der Waals surface area (Å²) >= 11 is 0. The zero-order valence-corrected chi connectivity index (χ0v) is 10.8. The molecule has 0 aromatic heterocycles. The first-order valence-corrected chi connectivity index (χ1v) is 5.74. The molecule has 1 N–H and O–H groups in total. The minimum Gasteiger partial charge on any atom is -0.366 e. The SMILES string of the molecule is COC1C(=O)C(C=O)C(=O)C(NC(=O)C(C)C)C1=O. The van der Waals surface area contributed by atoms with Crippen LogP contribution >= 0.6 is 0 Å². The predicted octanol–water partition coefficient (Wildman–Crippen LogP) is -1.32. The van der Waals surface area contributed by atoms with Crippen molar-refractivity contribution in [3.05, 3.63) is 0 Å². The zero-order chi connectivity index (χ0) is 14.7. The number of rotatable bonds is 4. The number of amides is 1. The fourth-order valence-corrected chi connectivity index (χ4v) is 1.73. The first kappa shape index (κ1) is 15.2. The van der Waals surface area contributed by atoms with Crippen LogP contribution in [0.5, 0.6) is 0 Å². The molecule has 104 valence electrons. The van der Waals surface area contributed by atoms with Gasteiger partial charge in [0.25, 0.3) is 0 Å². The molecule has 0 spiro atoms.